The average molecular weight is 472 g/mol. The second-order valence-electron chi connectivity index (χ2n) is 9.34. The fourth-order valence-corrected chi connectivity index (χ4v) is 4.87. The topological polar surface area (TPSA) is 61.3 Å². The van der Waals surface area contributed by atoms with Gasteiger partial charge in [-0.1, -0.05) is 0 Å². The van der Waals surface area contributed by atoms with Gasteiger partial charge in [0, 0.05) is 24.8 Å². The van der Waals surface area contributed by atoms with Gasteiger partial charge >= 0.3 is 5.13 Å². The molecular formula is C25H37N5O2S+2. The molecule has 1 atom stereocenters. The lowest BCUT2D eigenvalue weighted by Gasteiger charge is -2.31. The van der Waals surface area contributed by atoms with Gasteiger partial charge in [-0.2, -0.15) is 0 Å². The predicted molar refractivity (Wildman–Crippen MR) is 136 cm³/mol. The molecule has 1 aromatic heterocycles. The summed E-state index contributed by atoms with van der Waals surface area (Å²) in [7, 11) is 8.29. The molecule has 33 heavy (non-hydrogen) atoms. The van der Waals surface area contributed by atoms with Gasteiger partial charge in [0.2, 0.25) is 0 Å². The number of quaternary nitrogens is 1. The number of hydrogen-bond acceptors (Lipinski definition) is 6. The summed E-state index contributed by atoms with van der Waals surface area (Å²) in [5.74, 6) is 0.869. The number of fused-ring (bicyclic) bond motifs is 1. The molecule has 0 saturated carbocycles. The average Bonchev–Trinajstić information content (AvgIpc) is 3.05. The molecule has 3 rings (SSSR count). The van der Waals surface area contributed by atoms with E-state index in [0.29, 0.717) is 19.7 Å². The van der Waals surface area contributed by atoms with Crippen LogP contribution in [0.25, 0.3) is 10.2 Å². The second kappa shape index (κ2) is 10.6. The van der Waals surface area contributed by atoms with Crippen molar-refractivity contribution in [2.24, 2.45) is 17.3 Å². The van der Waals surface area contributed by atoms with Gasteiger partial charge in [0.15, 0.2) is 0 Å². The number of thiazole rings is 1. The van der Waals surface area contributed by atoms with Crippen LogP contribution in [0, 0.1) is 6.92 Å². The van der Waals surface area contributed by atoms with Crippen molar-refractivity contribution in [3.05, 3.63) is 42.0 Å². The lowest BCUT2D eigenvalue weighted by molar-refractivity contribution is -0.873. The zero-order valence-corrected chi connectivity index (χ0v) is 21.7. The van der Waals surface area contributed by atoms with E-state index in [4.69, 9.17) is 4.74 Å². The highest BCUT2D eigenvalue weighted by Gasteiger charge is 2.20. The Morgan fingerprint density at radius 1 is 1.12 bits per heavy atom. The van der Waals surface area contributed by atoms with Crippen molar-refractivity contribution in [2.45, 2.75) is 26.9 Å². The molecule has 0 aliphatic carbocycles. The quantitative estimate of drug-likeness (QED) is 0.264. The number of aliphatic hydroxyl groups is 1. The number of anilines is 1. The Labute approximate surface area is 201 Å². The highest BCUT2D eigenvalue weighted by Crippen LogP contribution is 2.31. The first kappa shape index (κ1) is 25.1. The molecule has 0 fully saturated rings. The van der Waals surface area contributed by atoms with Gasteiger partial charge in [-0.15, -0.1) is 0 Å². The minimum Gasteiger partial charge on any atom is -0.494 e. The maximum Gasteiger partial charge on any atom is 0.409 e. The maximum atomic E-state index is 10.5. The molecule has 178 valence electrons. The van der Waals surface area contributed by atoms with E-state index in [1.54, 1.807) is 11.3 Å². The van der Waals surface area contributed by atoms with E-state index >= 15 is 0 Å². The van der Waals surface area contributed by atoms with E-state index in [2.05, 4.69) is 72.0 Å². The summed E-state index contributed by atoms with van der Waals surface area (Å²) in [6.07, 6.45) is -0.388. The van der Waals surface area contributed by atoms with Crippen LogP contribution >= 0.6 is 11.3 Å². The van der Waals surface area contributed by atoms with Crippen LogP contribution in [0.4, 0.5) is 16.5 Å². The minimum absolute atomic E-state index is 0.388. The molecular weight excluding hydrogens is 434 g/mol. The molecule has 0 radical (unpaired) electrons. The highest BCUT2D eigenvalue weighted by atomic mass is 32.1. The Morgan fingerprint density at radius 3 is 2.52 bits per heavy atom. The lowest BCUT2D eigenvalue weighted by atomic mass is 10.1. The van der Waals surface area contributed by atoms with Crippen LogP contribution in [0.3, 0.4) is 0 Å². The lowest BCUT2D eigenvalue weighted by Crippen LogP contribution is -2.46. The molecule has 1 unspecified atom stereocenters. The number of azo groups is 1. The van der Waals surface area contributed by atoms with Crippen molar-refractivity contribution in [3.8, 4) is 5.75 Å². The highest BCUT2D eigenvalue weighted by molar-refractivity contribution is 7.21. The van der Waals surface area contributed by atoms with Crippen LogP contribution in [0.1, 0.15) is 19.4 Å². The Hall–Kier alpha value is -2.55. The Bertz CT molecular complexity index is 1120. The number of hydrogen-bond donors (Lipinski definition) is 1. The Morgan fingerprint density at radius 2 is 1.88 bits per heavy atom. The minimum atomic E-state index is -0.388. The standard InChI is InChI=1S/C25H37N5O2S/c1-8-29(16-20(31)17-30(5,6)7)19-10-12-22(18(3)14-19)26-27-25-28(4)23-13-11-21(32-9-2)15-24(23)33-25/h10-15,20,31H,8-9,16-17H2,1-7H3/q+2. The molecule has 0 aliphatic rings. The first-order valence-electron chi connectivity index (χ1n) is 11.4. The molecule has 1 N–H and O–H groups in total. The summed E-state index contributed by atoms with van der Waals surface area (Å²) >= 11 is 1.60. The van der Waals surface area contributed by atoms with Crippen LogP contribution in [0.5, 0.6) is 5.75 Å². The van der Waals surface area contributed by atoms with Crippen molar-refractivity contribution in [1.82, 2.24) is 0 Å². The molecule has 3 aromatic rings. The molecule has 7 nitrogen and oxygen atoms in total. The molecule has 0 amide bonds. The molecule has 8 heteroatoms. The van der Waals surface area contributed by atoms with Gasteiger partial charge in [0.05, 0.1) is 44.6 Å². The van der Waals surface area contributed by atoms with Crippen molar-refractivity contribution < 1.29 is 18.9 Å². The van der Waals surface area contributed by atoms with Gasteiger partial charge in [-0.25, -0.2) is 4.57 Å². The van der Waals surface area contributed by atoms with Crippen molar-refractivity contribution in [3.63, 3.8) is 0 Å². The number of ether oxygens (including phenoxy) is 1. The van der Waals surface area contributed by atoms with Gasteiger partial charge < -0.3 is 19.2 Å². The van der Waals surface area contributed by atoms with Crippen LogP contribution in [0.15, 0.2) is 46.6 Å². The van der Waals surface area contributed by atoms with Gasteiger partial charge in [0.1, 0.15) is 29.6 Å². The Kier molecular flexibility index (Phi) is 8.05. The smallest absolute Gasteiger partial charge is 0.409 e. The number of rotatable bonds is 10. The third-order valence-corrected chi connectivity index (χ3v) is 6.54. The zero-order chi connectivity index (χ0) is 24.2. The maximum absolute atomic E-state index is 10.5. The molecule has 0 aliphatic heterocycles. The van der Waals surface area contributed by atoms with E-state index in [9.17, 15) is 5.11 Å². The molecule has 0 saturated heterocycles. The van der Waals surface area contributed by atoms with E-state index in [1.807, 2.05) is 33.0 Å². The fraction of sp³-hybridized carbons (Fsp3) is 0.480. The summed E-state index contributed by atoms with van der Waals surface area (Å²) in [5.41, 5.74) is 4.09. The largest absolute Gasteiger partial charge is 0.494 e. The van der Waals surface area contributed by atoms with Crippen molar-refractivity contribution >= 4 is 38.1 Å². The third-order valence-electron chi connectivity index (χ3n) is 5.45. The number of nitrogens with zero attached hydrogens (tertiary/aromatic N) is 5. The Balaban J connectivity index is 1.77. The number of aromatic nitrogens is 1. The van der Waals surface area contributed by atoms with Crippen molar-refractivity contribution in [1.29, 1.82) is 0 Å². The van der Waals surface area contributed by atoms with E-state index in [0.717, 1.165) is 49.1 Å². The summed E-state index contributed by atoms with van der Waals surface area (Å²) in [6.45, 7) is 8.94. The SMILES string of the molecule is CCOc1ccc2c(c1)sc(N=Nc1ccc(N(CC)CC(O)C[N+](C)(C)C)cc1C)[n+]2C. The van der Waals surface area contributed by atoms with Crippen LogP contribution in [-0.2, 0) is 7.05 Å². The van der Waals surface area contributed by atoms with E-state index in [1.165, 1.54) is 0 Å². The van der Waals surface area contributed by atoms with Gasteiger partial charge in [-0.05, 0) is 73.1 Å². The molecule has 0 spiro atoms. The molecule has 0 bridgehead atoms. The van der Waals surface area contributed by atoms with E-state index < -0.39 is 0 Å². The number of likely N-dealkylation sites (N-methyl/N-ethyl adjacent to an activating group) is 2. The third kappa shape index (κ3) is 6.50. The van der Waals surface area contributed by atoms with Gasteiger partial charge in [-0.3, -0.25) is 0 Å². The van der Waals surface area contributed by atoms with Crippen LogP contribution < -0.4 is 14.2 Å². The summed E-state index contributed by atoms with van der Waals surface area (Å²) in [5, 5.41) is 20.4. The predicted octanol–water partition coefficient (Wildman–Crippen LogP) is 4.74. The van der Waals surface area contributed by atoms with Gasteiger partial charge in [0.25, 0.3) is 0 Å². The normalized spacial score (nSPS) is 13.1. The summed E-state index contributed by atoms with van der Waals surface area (Å²) in [4.78, 5) is 2.20. The molecule has 1 heterocycles. The van der Waals surface area contributed by atoms with Crippen molar-refractivity contribution in [2.75, 3.05) is 52.3 Å². The summed E-state index contributed by atoms with van der Waals surface area (Å²) < 4.78 is 9.53. The second-order valence-corrected chi connectivity index (χ2v) is 10.4. The number of benzene rings is 2. The number of aliphatic hydroxyl groups excluding tert-OH is 1. The number of aryl methyl sites for hydroxylation is 2. The van der Waals surface area contributed by atoms with Crippen LogP contribution in [-0.4, -0.2) is 63.1 Å². The molecule has 2 aromatic carbocycles. The fourth-order valence-electron chi connectivity index (χ4n) is 3.87. The van der Waals surface area contributed by atoms with E-state index in [-0.39, 0.29) is 6.10 Å². The zero-order valence-electron chi connectivity index (χ0n) is 20.9. The van der Waals surface area contributed by atoms with Crippen LogP contribution in [0.2, 0.25) is 0 Å². The monoisotopic (exact) mass is 471 g/mol. The summed E-state index contributed by atoms with van der Waals surface area (Å²) in [6, 6.07) is 12.3. The first-order chi connectivity index (χ1) is 15.6. The first-order valence-corrected chi connectivity index (χ1v) is 12.2.